The van der Waals surface area contributed by atoms with Crippen LogP contribution in [0.25, 0.3) is 32.7 Å². The van der Waals surface area contributed by atoms with Gasteiger partial charge in [0.1, 0.15) is 0 Å². The van der Waals surface area contributed by atoms with Crippen molar-refractivity contribution < 1.29 is 26.2 Å². The molecular weight excluding hydrogens is 507 g/mol. The van der Waals surface area contributed by atoms with Gasteiger partial charge in [-0.1, -0.05) is 79.8 Å². The zero-order valence-electron chi connectivity index (χ0n) is 20.6. The number of hydrogen-bond donors (Lipinski definition) is 0. The zero-order valence-corrected chi connectivity index (χ0v) is 24.0. The van der Waals surface area contributed by atoms with Crippen molar-refractivity contribution in [3.05, 3.63) is 127 Å². The second-order valence-corrected chi connectivity index (χ2v) is 10.5. The average molecular weight is 540 g/mol. The number of benzene rings is 3. The van der Waals surface area contributed by atoms with E-state index in [2.05, 4.69) is 124 Å². The normalized spacial score (nSPS) is 10.4. The second kappa shape index (κ2) is 14.2. The van der Waals surface area contributed by atoms with Crippen molar-refractivity contribution in [3.63, 3.8) is 0 Å². The van der Waals surface area contributed by atoms with Gasteiger partial charge >= 0.3 is 26.2 Å². The summed E-state index contributed by atoms with van der Waals surface area (Å²) in [6.45, 7) is 12.2. The number of hydrogen-bond acceptors (Lipinski definition) is 0. The first-order chi connectivity index (χ1) is 16.0. The van der Waals surface area contributed by atoms with E-state index in [1.807, 2.05) is 19.1 Å². The molecule has 0 aliphatic heterocycles. The molecule has 0 nitrogen and oxygen atoms in total. The van der Waals surface area contributed by atoms with Crippen LogP contribution in [-0.4, -0.2) is 13.3 Å². The van der Waals surface area contributed by atoms with Gasteiger partial charge in [-0.3, -0.25) is 0 Å². The fourth-order valence-corrected chi connectivity index (χ4v) is 4.58. The molecule has 5 aromatic carbocycles. The Morgan fingerprint density at radius 2 is 1.47 bits per heavy atom. The number of allylic oxidation sites excluding steroid dienone is 3. The Balaban J connectivity index is 0.000000202. The van der Waals surface area contributed by atoms with Gasteiger partial charge in [-0.05, 0) is 25.8 Å². The molecule has 5 rings (SSSR count). The van der Waals surface area contributed by atoms with Gasteiger partial charge in [-0.2, -0.15) is 12.1 Å². The molecular formula is C32H33PZr. The van der Waals surface area contributed by atoms with E-state index in [4.69, 9.17) is 0 Å². The molecule has 2 heteroatoms. The third-order valence-corrected chi connectivity index (χ3v) is 6.72. The van der Waals surface area contributed by atoms with Gasteiger partial charge in [0.2, 0.25) is 0 Å². The summed E-state index contributed by atoms with van der Waals surface area (Å²) in [5, 5.41) is 6.95. The monoisotopic (exact) mass is 538 g/mol. The number of aryl methyl sites for hydroxylation is 1. The van der Waals surface area contributed by atoms with Crippen LogP contribution in [0.1, 0.15) is 12.5 Å². The first kappa shape index (κ1) is 27.9. The molecule has 0 aliphatic carbocycles. The van der Waals surface area contributed by atoms with Crippen LogP contribution < -0.4 is 5.30 Å². The summed E-state index contributed by atoms with van der Waals surface area (Å²) in [7, 11) is 0.0576. The van der Waals surface area contributed by atoms with Gasteiger partial charge in [0.15, 0.2) is 0 Å². The fourth-order valence-electron chi connectivity index (χ4n) is 3.78. The predicted molar refractivity (Wildman–Crippen MR) is 153 cm³/mol. The second-order valence-electron chi connectivity index (χ2n) is 8.21. The van der Waals surface area contributed by atoms with E-state index < -0.39 is 0 Å². The molecule has 0 aromatic heterocycles. The Morgan fingerprint density at radius 3 is 2.09 bits per heavy atom. The van der Waals surface area contributed by atoms with Crippen molar-refractivity contribution in [2.75, 3.05) is 13.3 Å². The smallest absolute Gasteiger partial charge is 0.165 e. The van der Waals surface area contributed by atoms with E-state index >= 15 is 0 Å². The predicted octanol–water partition coefficient (Wildman–Crippen LogP) is 9.21. The van der Waals surface area contributed by atoms with E-state index in [0.717, 1.165) is 0 Å². The van der Waals surface area contributed by atoms with Gasteiger partial charge in [0, 0.05) is 0 Å². The summed E-state index contributed by atoms with van der Waals surface area (Å²) >= 11 is 0. The Hall–Kier alpha value is -2.33. The van der Waals surface area contributed by atoms with E-state index in [1.54, 1.807) is 6.08 Å². The van der Waals surface area contributed by atoms with Crippen molar-refractivity contribution in [1.29, 1.82) is 0 Å². The van der Waals surface area contributed by atoms with Crippen LogP contribution in [0.2, 0.25) is 0 Å². The summed E-state index contributed by atoms with van der Waals surface area (Å²) in [6, 6.07) is 34.7. The molecule has 0 radical (unpaired) electrons. The molecule has 0 heterocycles. The van der Waals surface area contributed by atoms with Crippen LogP contribution in [0.5, 0.6) is 0 Å². The molecule has 0 unspecified atom stereocenters. The van der Waals surface area contributed by atoms with Crippen LogP contribution in [0.4, 0.5) is 0 Å². The molecule has 0 bridgehead atoms. The maximum absolute atomic E-state index is 3.46. The van der Waals surface area contributed by atoms with Crippen LogP contribution in [0, 0.1) is 6.92 Å². The third-order valence-electron chi connectivity index (χ3n) is 5.43. The van der Waals surface area contributed by atoms with E-state index in [1.165, 1.54) is 43.5 Å². The molecule has 0 atom stereocenters. The Morgan fingerprint density at radius 1 is 0.794 bits per heavy atom. The average Bonchev–Trinajstić information content (AvgIpc) is 3.44. The summed E-state index contributed by atoms with van der Waals surface area (Å²) in [6.07, 6.45) is 5.58. The first-order valence-corrected chi connectivity index (χ1v) is 13.5. The van der Waals surface area contributed by atoms with Gasteiger partial charge in [-0.25, -0.2) is 0 Å². The molecule has 0 spiro atoms. The largest absolute Gasteiger partial charge is 2.00 e. The molecule has 0 fully saturated rings. The van der Waals surface area contributed by atoms with Crippen molar-refractivity contribution in [2.24, 2.45) is 0 Å². The molecule has 0 aliphatic rings. The molecule has 34 heavy (non-hydrogen) atoms. The Bertz CT molecular complexity index is 1290. The van der Waals surface area contributed by atoms with Crippen molar-refractivity contribution in [1.82, 2.24) is 0 Å². The Kier molecular flexibility index (Phi) is 11.6. The van der Waals surface area contributed by atoms with Crippen molar-refractivity contribution >= 4 is 34.8 Å². The molecule has 0 saturated carbocycles. The standard InChI is InChI=1S/C16H13.C11H12P.C5H8.Zr/c1-12-10-14-8-5-9-15(16(14)11-12)13-6-3-2-4-7-13;1-12(2)11-7-9-5-3-4-6-10(9)8-11;1-3-5-4-2;/h2-11H,1H3;3-8H,1-2H3;3-5H,1H2,2H3;/q2*-1;;+2/b;;5-4+;. The summed E-state index contributed by atoms with van der Waals surface area (Å²) in [5.74, 6) is 0. The molecule has 170 valence electrons. The zero-order chi connectivity index (χ0) is 23.6. The van der Waals surface area contributed by atoms with Crippen LogP contribution >= 0.6 is 7.92 Å². The quantitative estimate of drug-likeness (QED) is 0.122. The van der Waals surface area contributed by atoms with Crippen LogP contribution in [0.3, 0.4) is 0 Å². The fraction of sp³-hybridized carbons (Fsp3) is 0.125. The minimum absolute atomic E-state index is 0. The van der Waals surface area contributed by atoms with Gasteiger partial charge in [-0.15, -0.1) is 82.8 Å². The van der Waals surface area contributed by atoms with Crippen LogP contribution in [-0.2, 0) is 26.2 Å². The van der Waals surface area contributed by atoms with Crippen molar-refractivity contribution in [3.8, 4) is 11.1 Å². The van der Waals surface area contributed by atoms with Gasteiger partial charge in [0.25, 0.3) is 0 Å². The van der Waals surface area contributed by atoms with Crippen LogP contribution in [0.15, 0.2) is 122 Å². The van der Waals surface area contributed by atoms with Crippen molar-refractivity contribution in [2.45, 2.75) is 13.8 Å². The maximum atomic E-state index is 3.46. The minimum Gasteiger partial charge on any atom is -0.165 e. The van der Waals surface area contributed by atoms with E-state index in [0.29, 0.717) is 0 Å². The van der Waals surface area contributed by atoms with E-state index in [-0.39, 0.29) is 34.1 Å². The Labute approximate surface area is 225 Å². The maximum Gasteiger partial charge on any atom is 2.00 e. The number of fused-ring (bicyclic) bond motifs is 2. The number of rotatable bonds is 3. The van der Waals surface area contributed by atoms with Gasteiger partial charge < -0.3 is 0 Å². The first-order valence-electron chi connectivity index (χ1n) is 11.3. The van der Waals surface area contributed by atoms with E-state index in [9.17, 15) is 0 Å². The third kappa shape index (κ3) is 7.60. The van der Waals surface area contributed by atoms with Gasteiger partial charge in [0.05, 0.1) is 0 Å². The molecule has 5 aromatic rings. The topological polar surface area (TPSA) is 0 Å². The molecule has 0 saturated heterocycles. The molecule has 0 amide bonds. The summed E-state index contributed by atoms with van der Waals surface area (Å²) < 4.78 is 0. The molecule has 0 N–H and O–H groups in total. The SMILES string of the molecule is C=C/C=C/C.CP(C)c1cc2ccccc2[cH-]1.Cc1cc2c(-c3ccccc3)cccc2[cH-]1.[Zr+2]. The summed E-state index contributed by atoms with van der Waals surface area (Å²) in [5.41, 5.74) is 3.95. The minimum atomic E-state index is 0. The summed E-state index contributed by atoms with van der Waals surface area (Å²) in [4.78, 5) is 0.